The first-order valence-electron chi connectivity index (χ1n) is 3.61. The lowest BCUT2D eigenvalue weighted by atomic mass is 10.3. The van der Waals surface area contributed by atoms with Gasteiger partial charge in [0.1, 0.15) is 0 Å². The molecule has 1 rings (SSSR count). The number of amides is 1. The van der Waals surface area contributed by atoms with E-state index < -0.39 is 0 Å². The summed E-state index contributed by atoms with van der Waals surface area (Å²) in [4.78, 5) is 12.8. The highest BCUT2D eigenvalue weighted by Crippen LogP contribution is 1.98. The average molecular weight is 169 g/mol. The Labute approximate surface area is 70.0 Å². The highest BCUT2D eigenvalue weighted by atomic mass is 16.3. The van der Waals surface area contributed by atoms with Crippen molar-refractivity contribution in [3.05, 3.63) is 18.0 Å². The predicted octanol–water partition coefficient (Wildman–Crippen LogP) is -0.526. The molecule has 0 atom stereocenters. The number of H-pyrrole nitrogens is 1. The summed E-state index contributed by atoms with van der Waals surface area (Å²) in [5.41, 5.74) is 0.506. The van der Waals surface area contributed by atoms with Gasteiger partial charge in [-0.2, -0.15) is 5.10 Å². The lowest BCUT2D eigenvalue weighted by Gasteiger charge is -2.13. The molecule has 66 valence electrons. The second-order valence-electron chi connectivity index (χ2n) is 2.44. The number of hydrogen-bond donors (Lipinski definition) is 2. The van der Waals surface area contributed by atoms with Crippen LogP contribution in [0.5, 0.6) is 0 Å². The third-order valence-corrected chi connectivity index (χ3v) is 1.53. The molecule has 1 aromatic rings. The van der Waals surface area contributed by atoms with Gasteiger partial charge in [0.05, 0.1) is 18.4 Å². The van der Waals surface area contributed by atoms with Gasteiger partial charge in [0.15, 0.2) is 0 Å². The van der Waals surface area contributed by atoms with Crippen molar-refractivity contribution in [3.63, 3.8) is 0 Å². The molecule has 5 nitrogen and oxygen atoms in total. The minimum Gasteiger partial charge on any atom is -0.395 e. The topological polar surface area (TPSA) is 69.2 Å². The number of likely N-dealkylation sites (N-methyl/N-ethyl adjacent to an activating group) is 1. The van der Waals surface area contributed by atoms with Gasteiger partial charge in [-0.25, -0.2) is 0 Å². The van der Waals surface area contributed by atoms with Crippen LogP contribution in [0.25, 0.3) is 0 Å². The second-order valence-corrected chi connectivity index (χ2v) is 2.44. The molecule has 1 aromatic heterocycles. The molecule has 0 radical (unpaired) electrons. The molecule has 0 unspecified atom stereocenters. The molecule has 0 saturated carbocycles. The molecule has 1 amide bonds. The Morgan fingerprint density at radius 3 is 3.08 bits per heavy atom. The molecule has 0 aromatic carbocycles. The average Bonchev–Trinajstić information content (AvgIpc) is 2.55. The van der Waals surface area contributed by atoms with Crippen LogP contribution in [-0.2, 0) is 0 Å². The van der Waals surface area contributed by atoms with Gasteiger partial charge >= 0.3 is 0 Å². The van der Waals surface area contributed by atoms with Gasteiger partial charge in [-0.15, -0.1) is 0 Å². The van der Waals surface area contributed by atoms with Crippen LogP contribution in [0.1, 0.15) is 10.4 Å². The van der Waals surface area contributed by atoms with E-state index in [1.165, 1.54) is 17.3 Å². The normalized spacial score (nSPS) is 9.83. The summed E-state index contributed by atoms with van der Waals surface area (Å²) < 4.78 is 0. The SMILES string of the molecule is CN(CCO)C(=O)c1cn[nH]c1. The largest absolute Gasteiger partial charge is 0.395 e. The Morgan fingerprint density at radius 2 is 2.58 bits per heavy atom. The molecule has 0 saturated heterocycles. The van der Waals surface area contributed by atoms with Crippen molar-refractivity contribution >= 4 is 5.91 Å². The van der Waals surface area contributed by atoms with E-state index in [4.69, 9.17) is 5.11 Å². The minimum absolute atomic E-state index is 0.0277. The summed E-state index contributed by atoms with van der Waals surface area (Å²) in [5, 5.41) is 14.8. The number of rotatable bonds is 3. The molecule has 0 aliphatic rings. The molecule has 12 heavy (non-hydrogen) atoms. The molecule has 0 aliphatic heterocycles. The maximum atomic E-state index is 11.4. The number of nitrogens with zero attached hydrogens (tertiary/aromatic N) is 2. The third-order valence-electron chi connectivity index (χ3n) is 1.53. The molecule has 5 heteroatoms. The van der Waals surface area contributed by atoms with Crippen molar-refractivity contribution in [3.8, 4) is 0 Å². The zero-order valence-electron chi connectivity index (χ0n) is 6.82. The summed E-state index contributed by atoms with van der Waals surface area (Å²) in [7, 11) is 1.63. The van der Waals surface area contributed by atoms with Gasteiger partial charge < -0.3 is 10.0 Å². The fourth-order valence-electron chi connectivity index (χ4n) is 0.840. The lowest BCUT2D eigenvalue weighted by Crippen LogP contribution is -2.29. The first-order chi connectivity index (χ1) is 5.75. The Morgan fingerprint density at radius 1 is 1.83 bits per heavy atom. The monoisotopic (exact) mass is 169 g/mol. The predicted molar refractivity (Wildman–Crippen MR) is 42.6 cm³/mol. The first-order valence-corrected chi connectivity index (χ1v) is 3.61. The Bertz CT molecular complexity index is 245. The van der Waals surface area contributed by atoms with E-state index in [-0.39, 0.29) is 12.5 Å². The molecule has 0 aliphatic carbocycles. The summed E-state index contributed by atoms with van der Waals surface area (Å²) in [5.74, 6) is -0.141. The van der Waals surface area contributed by atoms with E-state index in [2.05, 4.69) is 10.2 Å². The third kappa shape index (κ3) is 1.82. The summed E-state index contributed by atoms with van der Waals surface area (Å²) in [6.07, 6.45) is 2.98. The van der Waals surface area contributed by atoms with Gasteiger partial charge in [0.25, 0.3) is 5.91 Å². The van der Waals surface area contributed by atoms with Crippen LogP contribution in [0.15, 0.2) is 12.4 Å². The van der Waals surface area contributed by atoms with Crippen LogP contribution in [0.3, 0.4) is 0 Å². The molecule has 1 heterocycles. The molecule has 0 bridgehead atoms. The minimum atomic E-state index is -0.141. The van der Waals surface area contributed by atoms with Crippen LogP contribution in [0.4, 0.5) is 0 Å². The molecular formula is C7H11N3O2. The van der Waals surface area contributed by atoms with E-state index in [0.717, 1.165) is 0 Å². The quantitative estimate of drug-likeness (QED) is 0.639. The second kappa shape index (κ2) is 3.87. The van der Waals surface area contributed by atoms with Crippen LogP contribution in [0, 0.1) is 0 Å². The van der Waals surface area contributed by atoms with Crippen molar-refractivity contribution in [2.45, 2.75) is 0 Å². The number of aliphatic hydroxyl groups excluding tert-OH is 1. The van der Waals surface area contributed by atoms with E-state index in [9.17, 15) is 4.79 Å². The highest BCUT2D eigenvalue weighted by molar-refractivity contribution is 5.93. The van der Waals surface area contributed by atoms with E-state index in [0.29, 0.717) is 12.1 Å². The lowest BCUT2D eigenvalue weighted by molar-refractivity contribution is 0.0767. The highest BCUT2D eigenvalue weighted by Gasteiger charge is 2.10. The Hall–Kier alpha value is -1.36. The fourth-order valence-corrected chi connectivity index (χ4v) is 0.840. The summed E-state index contributed by atoms with van der Waals surface area (Å²) >= 11 is 0. The number of aliphatic hydroxyl groups is 1. The van der Waals surface area contributed by atoms with Crippen molar-refractivity contribution in [1.29, 1.82) is 0 Å². The smallest absolute Gasteiger partial charge is 0.256 e. The van der Waals surface area contributed by atoms with Crippen molar-refractivity contribution in [2.75, 3.05) is 20.2 Å². The van der Waals surface area contributed by atoms with Crippen LogP contribution in [0.2, 0.25) is 0 Å². The molecule has 0 fully saturated rings. The Balaban J connectivity index is 2.59. The van der Waals surface area contributed by atoms with E-state index in [1.54, 1.807) is 7.05 Å². The van der Waals surface area contributed by atoms with Gasteiger partial charge in [-0.1, -0.05) is 0 Å². The van der Waals surface area contributed by atoms with Crippen molar-refractivity contribution in [1.82, 2.24) is 15.1 Å². The number of nitrogens with one attached hydrogen (secondary N) is 1. The van der Waals surface area contributed by atoms with Crippen LogP contribution < -0.4 is 0 Å². The molecular weight excluding hydrogens is 158 g/mol. The van der Waals surface area contributed by atoms with E-state index >= 15 is 0 Å². The maximum absolute atomic E-state index is 11.4. The fraction of sp³-hybridized carbons (Fsp3) is 0.429. The van der Waals surface area contributed by atoms with Crippen LogP contribution in [-0.4, -0.2) is 46.3 Å². The number of carbonyl (C=O) groups excluding carboxylic acids is 1. The van der Waals surface area contributed by atoms with E-state index in [1.807, 2.05) is 0 Å². The molecule has 2 N–H and O–H groups in total. The van der Waals surface area contributed by atoms with Crippen molar-refractivity contribution < 1.29 is 9.90 Å². The number of aromatic amines is 1. The van der Waals surface area contributed by atoms with Gasteiger partial charge in [-0.3, -0.25) is 9.89 Å². The zero-order valence-corrected chi connectivity index (χ0v) is 6.82. The standard InChI is InChI=1S/C7H11N3O2/c1-10(2-3-11)7(12)6-4-8-9-5-6/h4-5,11H,2-3H2,1H3,(H,8,9). The summed E-state index contributed by atoms with van der Waals surface area (Å²) in [6, 6.07) is 0. The van der Waals surface area contributed by atoms with Gasteiger partial charge in [0.2, 0.25) is 0 Å². The first kappa shape index (κ1) is 8.73. The number of aromatic nitrogens is 2. The summed E-state index contributed by atoms with van der Waals surface area (Å²) in [6.45, 7) is 0.310. The van der Waals surface area contributed by atoms with Crippen LogP contribution >= 0.6 is 0 Å². The molecule has 0 spiro atoms. The van der Waals surface area contributed by atoms with Gasteiger partial charge in [-0.05, 0) is 0 Å². The number of carbonyl (C=O) groups is 1. The van der Waals surface area contributed by atoms with Crippen molar-refractivity contribution in [2.24, 2.45) is 0 Å². The maximum Gasteiger partial charge on any atom is 0.256 e. The Kier molecular flexibility index (Phi) is 2.82. The number of hydrogen-bond acceptors (Lipinski definition) is 3. The van der Waals surface area contributed by atoms with Gasteiger partial charge in [0, 0.05) is 19.8 Å². The zero-order chi connectivity index (χ0) is 8.97.